The number of nitrogens with zero attached hydrogens (tertiary/aromatic N) is 1. The second-order valence-electron chi connectivity index (χ2n) is 5.52. The molecule has 134 valence electrons. The molecule has 2 amide bonds. The molecule has 0 spiro atoms. The van der Waals surface area contributed by atoms with Gasteiger partial charge in [0.05, 0.1) is 13.7 Å². The van der Waals surface area contributed by atoms with Crippen molar-refractivity contribution in [3.8, 4) is 5.75 Å². The van der Waals surface area contributed by atoms with Crippen molar-refractivity contribution >= 4 is 24.2 Å². The molecule has 2 rings (SSSR count). The number of ether oxygens (including phenoxy) is 2. The number of halogens is 1. The molecule has 2 unspecified atom stereocenters. The SMILES string of the molecule is COCC(N)C(=O)NC1CCN(Cc2ccc(OC)cc2)C1=O.Cl. The van der Waals surface area contributed by atoms with Gasteiger partial charge in [-0.3, -0.25) is 9.59 Å². The zero-order valence-electron chi connectivity index (χ0n) is 13.9. The summed E-state index contributed by atoms with van der Waals surface area (Å²) in [4.78, 5) is 26.0. The third kappa shape index (κ3) is 5.09. The van der Waals surface area contributed by atoms with Gasteiger partial charge in [-0.1, -0.05) is 12.1 Å². The summed E-state index contributed by atoms with van der Waals surface area (Å²) >= 11 is 0. The minimum atomic E-state index is -0.761. The molecule has 1 aliphatic heterocycles. The predicted octanol–water partition coefficient (Wildman–Crippen LogP) is 0.308. The van der Waals surface area contributed by atoms with Crippen LogP contribution in [0.15, 0.2) is 24.3 Å². The highest BCUT2D eigenvalue weighted by Crippen LogP contribution is 2.17. The van der Waals surface area contributed by atoms with Crippen molar-refractivity contribution in [1.82, 2.24) is 10.2 Å². The Kier molecular flexibility index (Phi) is 7.97. The summed E-state index contributed by atoms with van der Waals surface area (Å²) in [6.07, 6.45) is 0.584. The minimum absolute atomic E-state index is 0. The molecule has 8 heteroatoms. The van der Waals surface area contributed by atoms with Crippen molar-refractivity contribution in [1.29, 1.82) is 0 Å². The van der Waals surface area contributed by atoms with Crippen molar-refractivity contribution in [2.75, 3.05) is 27.4 Å². The lowest BCUT2D eigenvalue weighted by atomic mass is 10.2. The molecule has 1 saturated heterocycles. The lowest BCUT2D eigenvalue weighted by Gasteiger charge is -2.18. The molecule has 3 N–H and O–H groups in total. The molecule has 7 nitrogen and oxygen atoms in total. The smallest absolute Gasteiger partial charge is 0.245 e. The Balaban J connectivity index is 0.00000288. The fourth-order valence-corrected chi connectivity index (χ4v) is 2.52. The van der Waals surface area contributed by atoms with Crippen LogP contribution in [0.3, 0.4) is 0 Å². The van der Waals surface area contributed by atoms with Gasteiger partial charge < -0.3 is 25.4 Å². The minimum Gasteiger partial charge on any atom is -0.497 e. The maximum atomic E-state index is 12.4. The first-order valence-electron chi connectivity index (χ1n) is 7.51. The number of carbonyl (C=O) groups excluding carboxylic acids is 2. The Morgan fingerprint density at radius 3 is 2.62 bits per heavy atom. The molecule has 1 aromatic carbocycles. The molecular weight excluding hydrogens is 334 g/mol. The molecule has 2 atom stereocenters. The van der Waals surface area contributed by atoms with Crippen molar-refractivity contribution in [2.24, 2.45) is 5.73 Å². The van der Waals surface area contributed by atoms with E-state index in [9.17, 15) is 9.59 Å². The second kappa shape index (κ2) is 9.46. The van der Waals surface area contributed by atoms with Crippen LogP contribution in [0, 0.1) is 0 Å². The van der Waals surface area contributed by atoms with Crippen LogP contribution in [-0.4, -0.2) is 56.2 Å². The van der Waals surface area contributed by atoms with Gasteiger partial charge >= 0.3 is 0 Å². The Hall–Kier alpha value is -1.83. The molecule has 1 aromatic rings. The Labute approximate surface area is 147 Å². The van der Waals surface area contributed by atoms with Crippen molar-refractivity contribution in [3.05, 3.63) is 29.8 Å². The van der Waals surface area contributed by atoms with Crippen molar-refractivity contribution < 1.29 is 19.1 Å². The Morgan fingerprint density at radius 1 is 1.38 bits per heavy atom. The lowest BCUT2D eigenvalue weighted by Crippen LogP contribution is -2.49. The third-order valence-corrected chi connectivity index (χ3v) is 3.83. The molecule has 0 aromatic heterocycles. The summed E-state index contributed by atoms with van der Waals surface area (Å²) in [5, 5.41) is 2.69. The van der Waals surface area contributed by atoms with Crippen LogP contribution >= 0.6 is 12.4 Å². The predicted molar refractivity (Wildman–Crippen MR) is 92.1 cm³/mol. The number of carbonyl (C=O) groups is 2. The number of methoxy groups -OCH3 is 2. The van der Waals surface area contributed by atoms with E-state index in [4.69, 9.17) is 15.2 Å². The molecule has 0 radical (unpaired) electrons. The molecule has 1 heterocycles. The second-order valence-corrected chi connectivity index (χ2v) is 5.52. The van der Waals surface area contributed by atoms with Gasteiger partial charge in [0.1, 0.15) is 17.8 Å². The first-order chi connectivity index (χ1) is 11.0. The highest BCUT2D eigenvalue weighted by molar-refractivity contribution is 5.90. The standard InChI is InChI=1S/C16H23N3O4.ClH/c1-22-10-13(17)15(20)18-14-7-8-19(16(14)21)9-11-3-5-12(23-2)6-4-11;/h3-6,13-14H,7-10,17H2,1-2H3,(H,18,20);1H. The van der Waals surface area contributed by atoms with Crippen LogP contribution in [0.4, 0.5) is 0 Å². The van der Waals surface area contributed by atoms with Crippen LogP contribution < -0.4 is 15.8 Å². The van der Waals surface area contributed by atoms with E-state index in [-0.39, 0.29) is 30.8 Å². The van der Waals surface area contributed by atoms with Gasteiger partial charge in [0.25, 0.3) is 0 Å². The van der Waals surface area contributed by atoms with Crippen LogP contribution in [0.5, 0.6) is 5.75 Å². The topological polar surface area (TPSA) is 93.9 Å². The number of nitrogens with one attached hydrogen (secondary N) is 1. The molecule has 0 bridgehead atoms. The number of benzene rings is 1. The summed E-state index contributed by atoms with van der Waals surface area (Å²) in [6, 6.07) is 6.30. The summed E-state index contributed by atoms with van der Waals surface area (Å²) in [7, 11) is 3.09. The summed E-state index contributed by atoms with van der Waals surface area (Å²) in [5.74, 6) is 0.328. The zero-order valence-corrected chi connectivity index (χ0v) is 14.7. The molecular formula is C16H24ClN3O4. The summed E-state index contributed by atoms with van der Waals surface area (Å²) in [6.45, 7) is 1.25. The average molecular weight is 358 g/mol. The van der Waals surface area contributed by atoms with Crippen LogP contribution in [0.1, 0.15) is 12.0 Å². The van der Waals surface area contributed by atoms with E-state index in [0.717, 1.165) is 11.3 Å². The molecule has 24 heavy (non-hydrogen) atoms. The van der Waals surface area contributed by atoms with Gasteiger partial charge in [0.15, 0.2) is 0 Å². The van der Waals surface area contributed by atoms with Crippen molar-refractivity contribution in [2.45, 2.75) is 25.0 Å². The van der Waals surface area contributed by atoms with Crippen LogP contribution in [0.25, 0.3) is 0 Å². The highest BCUT2D eigenvalue weighted by Gasteiger charge is 2.33. The van der Waals surface area contributed by atoms with E-state index < -0.39 is 12.1 Å². The fourth-order valence-electron chi connectivity index (χ4n) is 2.52. The first kappa shape index (κ1) is 20.2. The van der Waals surface area contributed by atoms with Crippen LogP contribution in [-0.2, 0) is 20.9 Å². The lowest BCUT2D eigenvalue weighted by molar-refractivity contribution is -0.133. The van der Waals surface area contributed by atoms with E-state index in [1.165, 1.54) is 7.11 Å². The van der Waals surface area contributed by atoms with E-state index >= 15 is 0 Å². The van der Waals surface area contributed by atoms with E-state index in [1.54, 1.807) is 12.0 Å². The zero-order chi connectivity index (χ0) is 16.8. The fraction of sp³-hybridized carbons (Fsp3) is 0.500. The van der Waals surface area contributed by atoms with Gasteiger partial charge in [-0.25, -0.2) is 0 Å². The average Bonchev–Trinajstić information content (AvgIpc) is 2.89. The Bertz CT molecular complexity index is 553. The first-order valence-corrected chi connectivity index (χ1v) is 7.51. The highest BCUT2D eigenvalue weighted by atomic mass is 35.5. The van der Waals surface area contributed by atoms with Gasteiger partial charge in [0.2, 0.25) is 11.8 Å². The van der Waals surface area contributed by atoms with Gasteiger partial charge in [0, 0.05) is 20.2 Å². The maximum Gasteiger partial charge on any atom is 0.245 e. The van der Waals surface area contributed by atoms with E-state index in [1.807, 2.05) is 24.3 Å². The van der Waals surface area contributed by atoms with Crippen molar-refractivity contribution in [3.63, 3.8) is 0 Å². The number of likely N-dealkylation sites (tertiary alicyclic amines) is 1. The molecule has 1 aliphatic rings. The van der Waals surface area contributed by atoms with E-state index in [0.29, 0.717) is 19.5 Å². The van der Waals surface area contributed by atoms with Gasteiger partial charge in [-0.2, -0.15) is 0 Å². The number of hydrogen-bond donors (Lipinski definition) is 2. The van der Waals surface area contributed by atoms with Gasteiger partial charge in [-0.05, 0) is 24.1 Å². The quantitative estimate of drug-likeness (QED) is 0.732. The Morgan fingerprint density at radius 2 is 2.04 bits per heavy atom. The monoisotopic (exact) mass is 357 g/mol. The molecule has 0 aliphatic carbocycles. The summed E-state index contributed by atoms with van der Waals surface area (Å²) < 4.78 is 9.96. The number of nitrogens with two attached hydrogens (primary N) is 1. The molecule has 0 saturated carbocycles. The number of rotatable bonds is 7. The maximum absolute atomic E-state index is 12.4. The largest absolute Gasteiger partial charge is 0.497 e. The normalized spacial score (nSPS) is 18.0. The third-order valence-electron chi connectivity index (χ3n) is 3.83. The number of hydrogen-bond acceptors (Lipinski definition) is 5. The number of amides is 2. The summed E-state index contributed by atoms with van der Waals surface area (Å²) in [5.41, 5.74) is 6.68. The van der Waals surface area contributed by atoms with Gasteiger partial charge in [-0.15, -0.1) is 12.4 Å². The molecule has 1 fully saturated rings. The van der Waals surface area contributed by atoms with E-state index in [2.05, 4.69) is 5.32 Å². The van der Waals surface area contributed by atoms with Crippen LogP contribution in [0.2, 0.25) is 0 Å².